The van der Waals surface area contributed by atoms with Gasteiger partial charge in [0.1, 0.15) is 18.1 Å². The minimum absolute atomic E-state index is 0.0237. The first-order chi connectivity index (χ1) is 17.5. The molecule has 0 fully saturated rings. The number of nitrogens with zero attached hydrogens (tertiary/aromatic N) is 2. The maximum absolute atomic E-state index is 13.9. The van der Waals surface area contributed by atoms with E-state index in [1.54, 1.807) is 6.07 Å². The van der Waals surface area contributed by atoms with Crippen LogP contribution in [0.15, 0.2) is 47.0 Å². The molecular weight excluding hydrogens is 497 g/mol. The Balaban J connectivity index is 1.41. The van der Waals surface area contributed by atoms with E-state index in [1.807, 2.05) is 25.1 Å². The van der Waals surface area contributed by atoms with Crippen molar-refractivity contribution in [2.45, 2.75) is 39.8 Å². The molecule has 0 bridgehead atoms. The van der Waals surface area contributed by atoms with Gasteiger partial charge in [-0.2, -0.15) is 5.10 Å². The molecule has 0 atom stereocenters. The molecular formula is C26H22F5N3O3. The van der Waals surface area contributed by atoms with Crippen LogP contribution >= 0.6 is 0 Å². The molecule has 1 amide bonds. The lowest BCUT2D eigenvalue weighted by Crippen LogP contribution is -2.13. The number of rotatable bonds is 8. The molecule has 0 saturated carbocycles. The molecule has 4 rings (SSSR count). The van der Waals surface area contributed by atoms with Crippen LogP contribution in [-0.2, 0) is 13.2 Å². The summed E-state index contributed by atoms with van der Waals surface area (Å²) in [5.74, 6) is -9.59. The number of aromatic nitrogens is 2. The van der Waals surface area contributed by atoms with Crippen molar-refractivity contribution in [3.63, 3.8) is 0 Å². The van der Waals surface area contributed by atoms with Gasteiger partial charge in [0.15, 0.2) is 34.8 Å². The molecule has 4 aromatic rings. The first-order valence-corrected chi connectivity index (χ1v) is 11.2. The van der Waals surface area contributed by atoms with E-state index in [2.05, 4.69) is 24.3 Å². The smallest absolute Gasteiger partial charge is 0.292 e. The van der Waals surface area contributed by atoms with E-state index in [9.17, 15) is 26.7 Å². The fourth-order valence-corrected chi connectivity index (χ4v) is 3.62. The van der Waals surface area contributed by atoms with Gasteiger partial charge in [-0.15, -0.1) is 0 Å². The van der Waals surface area contributed by atoms with E-state index in [1.165, 1.54) is 18.3 Å². The maximum Gasteiger partial charge on any atom is 0.292 e. The van der Waals surface area contributed by atoms with Crippen LogP contribution in [0.25, 0.3) is 0 Å². The van der Waals surface area contributed by atoms with Gasteiger partial charge in [0.25, 0.3) is 5.91 Å². The van der Waals surface area contributed by atoms with Gasteiger partial charge in [0.05, 0.1) is 12.1 Å². The van der Waals surface area contributed by atoms with Crippen LogP contribution in [-0.4, -0.2) is 15.7 Å². The summed E-state index contributed by atoms with van der Waals surface area (Å²) >= 11 is 0. The lowest BCUT2D eigenvalue weighted by atomic mass is 10.0. The number of furan rings is 1. The lowest BCUT2D eigenvalue weighted by molar-refractivity contribution is 0.0992. The second kappa shape index (κ2) is 10.5. The van der Waals surface area contributed by atoms with Crippen molar-refractivity contribution in [3.05, 3.63) is 99.9 Å². The molecule has 2 aromatic carbocycles. The summed E-state index contributed by atoms with van der Waals surface area (Å²) in [6.07, 6.45) is 1.21. The van der Waals surface area contributed by atoms with Crippen LogP contribution in [0, 0.1) is 36.0 Å². The molecule has 0 spiro atoms. The molecule has 2 heterocycles. The van der Waals surface area contributed by atoms with Gasteiger partial charge in [0.2, 0.25) is 5.82 Å². The Labute approximate surface area is 208 Å². The van der Waals surface area contributed by atoms with Crippen molar-refractivity contribution in [2.24, 2.45) is 0 Å². The minimum atomic E-state index is -2.24. The number of hydrogen-bond donors (Lipinski definition) is 1. The lowest BCUT2D eigenvalue weighted by Gasteiger charge is -2.14. The third-order valence-electron chi connectivity index (χ3n) is 5.55. The van der Waals surface area contributed by atoms with Crippen molar-refractivity contribution in [1.29, 1.82) is 0 Å². The molecule has 0 unspecified atom stereocenters. The van der Waals surface area contributed by atoms with Crippen LogP contribution in [0.4, 0.5) is 27.8 Å². The summed E-state index contributed by atoms with van der Waals surface area (Å²) in [5.41, 5.74) is 1.03. The van der Waals surface area contributed by atoms with Crippen LogP contribution in [0.5, 0.6) is 5.75 Å². The molecule has 0 saturated heterocycles. The van der Waals surface area contributed by atoms with Crippen molar-refractivity contribution >= 4 is 11.7 Å². The highest BCUT2D eigenvalue weighted by atomic mass is 19.2. The molecule has 6 nitrogen and oxygen atoms in total. The molecule has 2 aromatic heterocycles. The van der Waals surface area contributed by atoms with Gasteiger partial charge in [-0.05, 0) is 42.2 Å². The fourth-order valence-electron chi connectivity index (χ4n) is 3.62. The number of ether oxygens (including phenoxy) is 1. The molecule has 1 N–H and O–H groups in total. The molecule has 11 heteroatoms. The summed E-state index contributed by atoms with van der Waals surface area (Å²) in [6.45, 7) is 5.40. The quantitative estimate of drug-likeness (QED) is 0.164. The maximum atomic E-state index is 13.9. The first-order valence-electron chi connectivity index (χ1n) is 11.2. The number of amides is 1. The number of benzene rings is 2. The number of aryl methyl sites for hydroxylation is 1. The van der Waals surface area contributed by atoms with Crippen LogP contribution in [0.2, 0.25) is 0 Å². The van der Waals surface area contributed by atoms with E-state index in [4.69, 9.17) is 9.15 Å². The van der Waals surface area contributed by atoms with E-state index in [-0.39, 0.29) is 24.1 Å². The number of carbonyl (C=O) groups is 1. The zero-order valence-corrected chi connectivity index (χ0v) is 20.0. The highest BCUT2D eigenvalue weighted by Crippen LogP contribution is 2.28. The average Bonchev–Trinajstić information content (AvgIpc) is 3.52. The van der Waals surface area contributed by atoms with E-state index >= 15 is 0 Å². The van der Waals surface area contributed by atoms with Crippen molar-refractivity contribution in [1.82, 2.24) is 9.78 Å². The third-order valence-corrected chi connectivity index (χ3v) is 5.55. The zero-order chi connectivity index (χ0) is 26.9. The van der Waals surface area contributed by atoms with Crippen molar-refractivity contribution in [2.75, 3.05) is 5.32 Å². The Hall–Kier alpha value is -4.15. The van der Waals surface area contributed by atoms with Gasteiger partial charge in [-0.1, -0.05) is 26.0 Å². The number of halogens is 5. The number of anilines is 1. The summed E-state index contributed by atoms with van der Waals surface area (Å²) in [5, 5.41) is 6.34. The van der Waals surface area contributed by atoms with E-state index in [0.717, 1.165) is 21.6 Å². The molecule has 194 valence electrons. The normalized spacial score (nSPS) is 11.3. The Bertz CT molecular complexity index is 1430. The van der Waals surface area contributed by atoms with Gasteiger partial charge in [-0.3, -0.25) is 9.48 Å². The number of carbonyl (C=O) groups excluding carboxylic acids is 1. The monoisotopic (exact) mass is 519 g/mol. The number of nitrogens with one attached hydrogen (secondary N) is 1. The Morgan fingerprint density at radius 2 is 1.68 bits per heavy atom. The summed E-state index contributed by atoms with van der Waals surface area (Å²) in [4.78, 5) is 12.5. The second-order valence-corrected chi connectivity index (χ2v) is 8.65. The van der Waals surface area contributed by atoms with Gasteiger partial charge >= 0.3 is 0 Å². The molecule has 0 aliphatic rings. The fraction of sp³-hybridized carbons (Fsp3) is 0.231. The van der Waals surface area contributed by atoms with Crippen molar-refractivity contribution in [3.8, 4) is 5.75 Å². The molecule has 0 aliphatic heterocycles. The van der Waals surface area contributed by atoms with E-state index < -0.39 is 47.1 Å². The average molecular weight is 519 g/mol. The van der Waals surface area contributed by atoms with Gasteiger partial charge in [0, 0.05) is 12.3 Å². The van der Waals surface area contributed by atoms with Crippen LogP contribution in [0.3, 0.4) is 0 Å². The zero-order valence-electron chi connectivity index (χ0n) is 20.0. The summed E-state index contributed by atoms with van der Waals surface area (Å²) < 4.78 is 80.3. The SMILES string of the molecule is Cc1ccc(C(C)C)c(OCc2ccc(C(=O)Nc3ccn(Cc4c(F)c(F)c(F)c(F)c4F)n3)o2)c1. The van der Waals surface area contributed by atoms with Gasteiger partial charge < -0.3 is 14.5 Å². The van der Waals surface area contributed by atoms with Crippen LogP contribution < -0.4 is 10.1 Å². The standard InChI is InChI=1S/C26H22F5N3O3/c1-13(2)16-6-4-14(3)10-19(16)36-12-15-5-7-18(37-15)26(35)32-20-8-9-34(33-20)11-17-21(27)23(29)25(31)24(30)22(17)28/h4-10,13H,11-12H2,1-3H3,(H,32,33,35). The molecule has 0 aliphatic carbocycles. The van der Waals surface area contributed by atoms with Crippen LogP contribution in [0.1, 0.15) is 52.8 Å². The van der Waals surface area contributed by atoms with Crippen molar-refractivity contribution < 1.29 is 35.9 Å². The topological polar surface area (TPSA) is 69.3 Å². The first kappa shape index (κ1) is 25.9. The van der Waals surface area contributed by atoms with E-state index in [0.29, 0.717) is 5.76 Å². The predicted molar refractivity (Wildman–Crippen MR) is 124 cm³/mol. The summed E-state index contributed by atoms with van der Waals surface area (Å²) in [7, 11) is 0. The predicted octanol–water partition coefficient (Wildman–Crippen LogP) is 6.48. The Morgan fingerprint density at radius 1 is 1.00 bits per heavy atom. The highest BCUT2D eigenvalue weighted by molar-refractivity contribution is 6.01. The highest BCUT2D eigenvalue weighted by Gasteiger charge is 2.26. The number of hydrogen-bond acceptors (Lipinski definition) is 4. The largest absolute Gasteiger partial charge is 0.485 e. The van der Waals surface area contributed by atoms with Gasteiger partial charge in [-0.25, -0.2) is 22.0 Å². The third kappa shape index (κ3) is 5.50. The Morgan fingerprint density at radius 3 is 2.35 bits per heavy atom. The molecule has 37 heavy (non-hydrogen) atoms. The summed E-state index contributed by atoms with van der Waals surface area (Å²) in [6, 6.07) is 10.3. The Kier molecular flexibility index (Phi) is 7.33. The second-order valence-electron chi connectivity index (χ2n) is 8.65. The molecule has 0 radical (unpaired) electrons. The minimum Gasteiger partial charge on any atom is -0.485 e.